The van der Waals surface area contributed by atoms with Gasteiger partial charge in [0.2, 0.25) is 10.0 Å². The van der Waals surface area contributed by atoms with Gasteiger partial charge in [0.1, 0.15) is 0 Å². The summed E-state index contributed by atoms with van der Waals surface area (Å²) in [6, 6.07) is 4.97. The van der Waals surface area contributed by atoms with Gasteiger partial charge in [-0.15, -0.1) is 0 Å². The SMILES string of the molecule is CC(C)(CO)CNc1ccc(NS(C)(=O)=O)c(Cl)c1. The molecule has 1 aromatic carbocycles. The first-order chi connectivity index (χ1) is 8.63. The Morgan fingerprint density at radius 3 is 2.47 bits per heavy atom. The molecule has 0 heterocycles. The van der Waals surface area contributed by atoms with Crippen LogP contribution in [0.4, 0.5) is 11.4 Å². The van der Waals surface area contributed by atoms with Gasteiger partial charge >= 0.3 is 0 Å². The van der Waals surface area contributed by atoms with Gasteiger partial charge in [-0.05, 0) is 18.2 Å². The molecule has 0 amide bonds. The van der Waals surface area contributed by atoms with Gasteiger partial charge in [0.05, 0.1) is 17.0 Å². The van der Waals surface area contributed by atoms with E-state index in [0.717, 1.165) is 11.9 Å². The van der Waals surface area contributed by atoms with E-state index >= 15 is 0 Å². The van der Waals surface area contributed by atoms with E-state index in [2.05, 4.69) is 10.0 Å². The van der Waals surface area contributed by atoms with E-state index in [1.165, 1.54) is 0 Å². The van der Waals surface area contributed by atoms with E-state index in [1.807, 2.05) is 13.8 Å². The van der Waals surface area contributed by atoms with Gasteiger partial charge in [-0.1, -0.05) is 25.4 Å². The third kappa shape index (κ3) is 5.67. The molecule has 0 spiro atoms. The van der Waals surface area contributed by atoms with Crippen LogP contribution < -0.4 is 10.0 Å². The Morgan fingerprint density at radius 2 is 2.00 bits per heavy atom. The van der Waals surface area contributed by atoms with Crippen LogP contribution in [0.1, 0.15) is 13.8 Å². The molecule has 0 saturated carbocycles. The van der Waals surface area contributed by atoms with Crippen molar-refractivity contribution in [2.75, 3.05) is 29.4 Å². The van der Waals surface area contributed by atoms with Crippen molar-refractivity contribution < 1.29 is 13.5 Å². The number of aliphatic hydroxyl groups is 1. The summed E-state index contributed by atoms with van der Waals surface area (Å²) >= 11 is 6.00. The second kappa shape index (κ2) is 5.98. The summed E-state index contributed by atoms with van der Waals surface area (Å²) < 4.78 is 24.6. The van der Waals surface area contributed by atoms with Crippen LogP contribution in [0.2, 0.25) is 5.02 Å². The molecular weight excluding hydrogens is 288 g/mol. The van der Waals surface area contributed by atoms with Gasteiger partial charge in [0.15, 0.2) is 0 Å². The summed E-state index contributed by atoms with van der Waals surface area (Å²) in [6.07, 6.45) is 1.07. The van der Waals surface area contributed by atoms with Gasteiger partial charge in [0, 0.05) is 24.3 Å². The summed E-state index contributed by atoms with van der Waals surface area (Å²) in [5.41, 5.74) is 0.873. The molecule has 5 nitrogen and oxygen atoms in total. The van der Waals surface area contributed by atoms with Gasteiger partial charge in [0.25, 0.3) is 0 Å². The first-order valence-electron chi connectivity index (χ1n) is 5.75. The minimum absolute atomic E-state index is 0.0709. The molecule has 0 aliphatic rings. The highest BCUT2D eigenvalue weighted by molar-refractivity contribution is 7.92. The number of nitrogens with one attached hydrogen (secondary N) is 2. The standard InChI is InChI=1S/C12H19ClN2O3S/c1-12(2,8-16)7-14-9-4-5-11(10(13)6-9)15-19(3,17)18/h4-6,14-16H,7-8H2,1-3H3. The van der Waals surface area contributed by atoms with Crippen molar-refractivity contribution in [3.63, 3.8) is 0 Å². The zero-order chi connectivity index (χ0) is 14.7. The number of hydrogen-bond acceptors (Lipinski definition) is 4. The lowest BCUT2D eigenvalue weighted by molar-refractivity contribution is 0.171. The van der Waals surface area contributed by atoms with Crippen molar-refractivity contribution in [2.45, 2.75) is 13.8 Å². The highest BCUT2D eigenvalue weighted by Gasteiger charge is 2.16. The first-order valence-corrected chi connectivity index (χ1v) is 8.02. The number of rotatable bonds is 6. The van der Waals surface area contributed by atoms with Crippen molar-refractivity contribution in [3.8, 4) is 0 Å². The third-order valence-electron chi connectivity index (χ3n) is 2.46. The van der Waals surface area contributed by atoms with Crippen molar-refractivity contribution in [2.24, 2.45) is 5.41 Å². The van der Waals surface area contributed by atoms with Crippen LogP contribution in [0.3, 0.4) is 0 Å². The average molecular weight is 307 g/mol. The van der Waals surface area contributed by atoms with Crippen LogP contribution in [0.5, 0.6) is 0 Å². The van der Waals surface area contributed by atoms with Crippen LogP contribution in [0.15, 0.2) is 18.2 Å². The van der Waals surface area contributed by atoms with Gasteiger partial charge in [-0.3, -0.25) is 4.72 Å². The van der Waals surface area contributed by atoms with E-state index in [4.69, 9.17) is 16.7 Å². The first kappa shape index (κ1) is 16.1. The fourth-order valence-corrected chi connectivity index (χ4v) is 2.17. The normalized spacial score (nSPS) is 12.3. The Hall–Kier alpha value is -0.980. The van der Waals surface area contributed by atoms with Crippen LogP contribution >= 0.6 is 11.6 Å². The molecule has 1 aromatic rings. The molecule has 0 unspecified atom stereocenters. The number of hydrogen-bond donors (Lipinski definition) is 3. The Bertz CT molecular complexity index is 544. The summed E-state index contributed by atoms with van der Waals surface area (Å²) in [5, 5.41) is 12.6. The molecule has 1 rings (SSSR count). The van der Waals surface area contributed by atoms with Crippen LogP contribution in [-0.4, -0.2) is 32.9 Å². The lowest BCUT2D eigenvalue weighted by Crippen LogP contribution is -2.26. The Kier molecular flexibility index (Phi) is 5.06. The lowest BCUT2D eigenvalue weighted by Gasteiger charge is -2.22. The Balaban J connectivity index is 2.77. The van der Waals surface area contributed by atoms with Crippen LogP contribution in [-0.2, 0) is 10.0 Å². The Labute approximate surface area is 119 Å². The smallest absolute Gasteiger partial charge is 0.229 e. The minimum Gasteiger partial charge on any atom is -0.396 e. The molecule has 0 saturated heterocycles. The van der Waals surface area contributed by atoms with E-state index in [-0.39, 0.29) is 12.0 Å². The Morgan fingerprint density at radius 1 is 1.37 bits per heavy atom. The van der Waals surface area contributed by atoms with Gasteiger partial charge < -0.3 is 10.4 Å². The number of benzene rings is 1. The number of halogens is 1. The quantitative estimate of drug-likeness (QED) is 0.752. The summed E-state index contributed by atoms with van der Waals surface area (Å²) in [5.74, 6) is 0. The molecule has 108 valence electrons. The van der Waals surface area contributed by atoms with Crippen molar-refractivity contribution >= 4 is 33.0 Å². The van der Waals surface area contributed by atoms with E-state index in [0.29, 0.717) is 17.3 Å². The second-order valence-electron chi connectivity index (χ2n) is 5.24. The molecule has 0 radical (unpaired) electrons. The largest absolute Gasteiger partial charge is 0.396 e. The zero-order valence-corrected chi connectivity index (χ0v) is 12.8. The van der Waals surface area contributed by atoms with Crippen LogP contribution in [0, 0.1) is 5.41 Å². The molecule has 19 heavy (non-hydrogen) atoms. The van der Waals surface area contributed by atoms with E-state index in [1.54, 1.807) is 18.2 Å². The van der Waals surface area contributed by atoms with E-state index in [9.17, 15) is 8.42 Å². The summed E-state index contributed by atoms with van der Waals surface area (Å²) in [7, 11) is -3.34. The summed E-state index contributed by atoms with van der Waals surface area (Å²) in [4.78, 5) is 0. The number of anilines is 2. The highest BCUT2D eigenvalue weighted by Crippen LogP contribution is 2.27. The number of sulfonamides is 1. The molecule has 0 atom stereocenters. The molecular formula is C12H19ClN2O3S. The zero-order valence-electron chi connectivity index (χ0n) is 11.2. The fourth-order valence-electron chi connectivity index (χ4n) is 1.30. The third-order valence-corrected chi connectivity index (χ3v) is 3.37. The van der Waals surface area contributed by atoms with Gasteiger partial charge in [-0.2, -0.15) is 0 Å². The maximum atomic E-state index is 11.1. The monoisotopic (exact) mass is 306 g/mol. The molecule has 0 aliphatic carbocycles. The molecule has 7 heteroatoms. The molecule has 0 fully saturated rings. The summed E-state index contributed by atoms with van der Waals surface area (Å²) in [6.45, 7) is 4.52. The maximum absolute atomic E-state index is 11.1. The fraction of sp³-hybridized carbons (Fsp3) is 0.500. The predicted octanol–water partition coefficient (Wildman–Crippen LogP) is 2.14. The second-order valence-corrected chi connectivity index (χ2v) is 7.40. The van der Waals surface area contributed by atoms with Crippen molar-refractivity contribution in [1.29, 1.82) is 0 Å². The molecule has 0 aromatic heterocycles. The highest BCUT2D eigenvalue weighted by atomic mass is 35.5. The number of aliphatic hydroxyl groups excluding tert-OH is 1. The van der Waals surface area contributed by atoms with Gasteiger partial charge in [-0.25, -0.2) is 8.42 Å². The van der Waals surface area contributed by atoms with E-state index < -0.39 is 10.0 Å². The topological polar surface area (TPSA) is 78.4 Å². The molecule has 3 N–H and O–H groups in total. The molecule has 0 bridgehead atoms. The van der Waals surface area contributed by atoms with Crippen molar-refractivity contribution in [3.05, 3.63) is 23.2 Å². The molecule has 0 aliphatic heterocycles. The predicted molar refractivity (Wildman–Crippen MR) is 79.3 cm³/mol. The minimum atomic E-state index is -3.34. The average Bonchev–Trinajstić information content (AvgIpc) is 2.28. The van der Waals surface area contributed by atoms with Crippen molar-refractivity contribution in [1.82, 2.24) is 0 Å². The lowest BCUT2D eigenvalue weighted by atomic mass is 9.95. The van der Waals surface area contributed by atoms with Crippen LogP contribution in [0.25, 0.3) is 0 Å². The maximum Gasteiger partial charge on any atom is 0.229 e.